The van der Waals surface area contributed by atoms with Crippen LogP contribution >= 0.6 is 0 Å². The van der Waals surface area contributed by atoms with E-state index in [2.05, 4.69) is 15.1 Å². The van der Waals surface area contributed by atoms with E-state index in [4.69, 9.17) is 11.1 Å². The van der Waals surface area contributed by atoms with Crippen molar-refractivity contribution in [2.45, 2.75) is 45.6 Å². The third-order valence-electron chi connectivity index (χ3n) is 3.86. The number of aliphatic hydroxyl groups excluding tert-OH is 1. The lowest BCUT2D eigenvalue weighted by Crippen LogP contribution is -2.38. The molecule has 2 heterocycles. The van der Waals surface area contributed by atoms with E-state index in [1.165, 1.54) is 0 Å². The summed E-state index contributed by atoms with van der Waals surface area (Å²) in [4.78, 5) is 2.08. The minimum atomic E-state index is -0.236. The number of nitrogens with one attached hydrogen (secondary N) is 1. The monoisotopic (exact) mass is 277 g/mol. The molecule has 0 aliphatic carbocycles. The van der Waals surface area contributed by atoms with Crippen molar-refractivity contribution in [3.8, 4) is 0 Å². The van der Waals surface area contributed by atoms with Crippen LogP contribution in [0.1, 0.15) is 43.5 Å². The van der Waals surface area contributed by atoms with Crippen LogP contribution in [0.5, 0.6) is 0 Å². The van der Waals surface area contributed by atoms with Crippen LogP contribution in [-0.4, -0.2) is 40.3 Å². The average Bonchev–Trinajstić information content (AvgIpc) is 2.46. The third kappa shape index (κ3) is 2.75. The summed E-state index contributed by atoms with van der Waals surface area (Å²) < 4.78 is 0. The highest BCUT2D eigenvalue weighted by molar-refractivity contribution is 6.01. The van der Waals surface area contributed by atoms with Crippen molar-refractivity contribution in [3.63, 3.8) is 0 Å². The number of rotatable bonds is 4. The summed E-state index contributed by atoms with van der Waals surface area (Å²) in [6.45, 7) is 5.53. The van der Waals surface area contributed by atoms with Gasteiger partial charge in [-0.2, -0.15) is 5.10 Å². The second-order valence-corrected chi connectivity index (χ2v) is 5.16. The fraction of sp³-hybridized carbons (Fsp3) is 0.643. The molecule has 110 valence electrons. The number of hydrogen-bond donors (Lipinski definition) is 3. The summed E-state index contributed by atoms with van der Waals surface area (Å²) in [7, 11) is 0. The summed E-state index contributed by atoms with van der Waals surface area (Å²) in [5.41, 5.74) is 8.45. The number of piperidine rings is 1. The topological polar surface area (TPSA) is 99.1 Å². The van der Waals surface area contributed by atoms with E-state index in [1.54, 1.807) is 0 Å². The third-order valence-corrected chi connectivity index (χ3v) is 3.86. The number of nitrogens with zero attached hydrogens (tertiary/aromatic N) is 3. The zero-order chi connectivity index (χ0) is 14.7. The molecule has 0 unspecified atom stereocenters. The zero-order valence-electron chi connectivity index (χ0n) is 12.2. The van der Waals surface area contributed by atoms with Crippen LogP contribution in [0, 0.1) is 5.41 Å². The fourth-order valence-corrected chi connectivity index (χ4v) is 2.74. The van der Waals surface area contributed by atoms with E-state index >= 15 is 0 Å². The van der Waals surface area contributed by atoms with Gasteiger partial charge in [-0.15, -0.1) is 5.10 Å². The van der Waals surface area contributed by atoms with Gasteiger partial charge >= 0.3 is 0 Å². The van der Waals surface area contributed by atoms with Gasteiger partial charge in [0.15, 0.2) is 5.82 Å². The smallest absolute Gasteiger partial charge is 0.162 e. The standard InChI is InChI=1S/C14H23N5O/c1-3-10-11(4-2)17-18-14(12(10)13(15)16)19-7-5-9(20)6-8-19/h9,20H,3-8H2,1-2H3,(H3,15,16). The Morgan fingerprint density at radius 3 is 2.45 bits per heavy atom. The molecule has 0 bridgehead atoms. The number of amidine groups is 1. The molecule has 0 amide bonds. The van der Waals surface area contributed by atoms with E-state index in [9.17, 15) is 5.11 Å². The number of aliphatic hydroxyl groups is 1. The zero-order valence-corrected chi connectivity index (χ0v) is 12.2. The number of aryl methyl sites for hydroxylation is 1. The van der Waals surface area contributed by atoms with Gasteiger partial charge in [0.1, 0.15) is 5.84 Å². The van der Waals surface area contributed by atoms with Gasteiger partial charge in [-0.1, -0.05) is 13.8 Å². The van der Waals surface area contributed by atoms with Crippen molar-refractivity contribution in [2.75, 3.05) is 18.0 Å². The van der Waals surface area contributed by atoms with Crippen LogP contribution in [0.4, 0.5) is 5.82 Å². The maximum atomic E-state index is 9.61. The lowest BCUT2D eigenvalue weighted by molar-refractivity contribution is 0.145. The van der Waals surface area contributed by atoms with E-state index in [-0.39, 0.29) is 11.9 Å². The molecule has 20 heavy (non-hydrogen) atoms. The van der Waals surface area contributed by atoms with Crippen LogP contribution < -0.4 is 10.6 Å². The van der Waals surface area contributed by atoms with Gasteiger partial charge in [0.05, 0.1) is 17.4 Å². The van der Waals surface area contributed by atoms with E-state index in [0.717, 1.165) is 55.6 Å². The van der Waals surface area contributed by atoms with E-state index in [1.807, 2.05) is 13.8 Å². The van der Waals surface area contributed by atoms with Crippen molar-refractivity contribution in [1.82, 2.24) is 10.2 Å². The van der Waals surface area contributed by atoms with Gasteiger partial charge in [0.25, 0.3) is 0 Å². The van der Waals surface area contributed by atoms with Gasteiger partial charge in [-0.05, 0) is 31.2 Å². The van der Waals surface area contributed by atoms with Gasteiger partial charge in [0, 0.05) is 13.1 Å². The maximum absolute atomic E-state index is 9.61. The molecular formula is C14H23N5O. The Bertz CT molecular complexity index is 495. The maximum Gasteiger partial charge on any atom is 0.162 e. The average molecular weight is 277 g/mol. The van der Waals surface area contributed by atoms with Crippen LogP contribution in [-0.2, 0) is 12.8 Å². The van der Waals surface area contributed by atoms with E-state index < -0.39 is 0 Å². The molecule has 1 aromatic heterocycles. The summed E-state index contributed by atoms with van der Waals surface area (Å²) in [5, 5.41) is 26.1. The number of nitrogens with two attached hydrogens (primary N) is 1. The van der Waals surface area contributed by atoms with Crippen molar-refractivity contribution >= 4 is 11.7 Å². The van der Waals surface area contributed by atoms with Gasteiger partial charge < -0.3 is 15.7 Å². The molecule has 1 aliphatic rings. The van der Waals surface area contributed by atoms with Crippen LogP contribution in [0.3, 0.4) is 0 Å². The SMILES string of the molecule is CCc1nnc(N2CCC(O)CC2)c(C(=N)N)c1CC. The molecule has 0 radical (unpaired) electrons. The fourth-order valence-electron chi connectivity index (χ4n) is 2.74. The van der Waals surface area contributed by atoms with Crippen molar-refractivity contribution in [3.05, 3.63) is 16.8 Å². The predicted molar refractivity (Wildman–Crippen MR) is 79.3 cm³/mol. The summed E-state index contributed by atoms with van der Waals surface area (Å²) in [6.07, 6.45) is 2.78. The molecule has 2 rings (SSSR count). The second kappa shape index (κ2) is 6.17. The molecule has 6 nitrogen and oxygen atoms in total. The highest BCUT2D eigenvalue weighted by Gasteiger charge is 2.24. The normalized spacial score (nSPS) is 16.4. The Balaban J connectivity index is 2.44. The minimum Gasteiger partial charge on any atom is -0.393 e. The lowest BCUT2D eigenvalue weighted by Gasteiger charge is -2.32. The lowest BCUT2D eigenvalue weighted by atomic mass is 10.0. The predicted octanol–water partition coefficient (Wildman–Crippen LogP) is 0.847. The summed E-state index contributed by atoms with van der Waals surface area (Å²) >= 11 is 0. The molecule has 0 spiro atoms. The van der Waals surface area contributed by atoms with Gasteiger partial charge in [0.2, 0.25) is 0 Å². The first kappa shape index (κ1) is 14.7. The molecule has 0 aromatic carbocycles. The van der Waals surface area contributed by atoms with Crippen molar-refractivity contribution < 1.29 is 5.11 Å². The largest absolute Gasteiger partial charge is 0.393 e. The number of hydrogen-bond acceptors (Lipinski definition) is 5. The molecule has 1 aromatic rings. The van der Waals surface area contributed by atoms with Crippen molar-refractivity contribution in [1.29, 1.82) is 5.41 Å². The Morgan fingerprint density at radius 1 is 1.30 bits per heavy atom. The van der Waals surface area contributed by atoms with Gasteiger partial charge in [-0.25, -0.2) is 0 Å². The molecule has 4 N–H and O–H groups in total. The first-order valence-corrected chi connectivity index (χ1v) is 7.24. The number of anilines is 1. The minimum absolute atomic E-state index is 0.0487. The molecule has 1 fully saturated rings. The Kier molecular flexibility index (Phi) is 4.54. The van der Waals surface area contributed by atoms with E-state index in [0.29, 0.717) is 5.82 Å². The highest BCUT2D eigenvalue weighted by Crippen LogP contribution is 2.26. The molecule has 1 saturated heterocycles. The van der Waals surface area contributed by atoms with Gasteiger partial charge in [-0.3, -0.25) is 5.41 Å². The molecule has 0 atom stereocenters. The highest BCUT2D eigenvalue weighted by atomic mass is 16.3. The molecular weight excluding hydrogens is 254 g/mol. The molecule has 6 heteroatoms. The number of nitrogen functional groups attached to an aromatic ring is 1. The van der Waals surface area contributed by atoms with Crippen LogP contribution in [0.15, 0.2) is 0 Å². The quantitative estimate of drug-likeness (QED) is 0.559. The summed E-state index contributed by atoms with van der Waals surface area (Å²) in [6, 6.07) is 0. The first-order chi connectivity index (χ1) is 9.58. The van der Waals surface area contributed by atoms with Crippen LogP contribution in [0.25, 0.3) is 0 Å². The van der Waals surface area contributed by atoms with Crippen LogP contribution in [0.2, 0.25) is 0 Å². The van der Waals surface area contributed by atoms with Crippen molar-refractivity contribution in [2.24, 2.45) is 5.73 Å². The Hall–Kier alpha value is -1.69. The summed E-state index contributed by atoms with van der Waals surface area (Å²) in [5.74, 6) is 0.742. The first-order valence-electron chi connectivity index (χ1n) is 7.24. The Morgan fingerprint density at radius 2 is 1.95 bits per heavy atom. The molecule has 1 aliphatic heterocycles. The Labute approximate surface area is 119 Å². The number of aromatic nitrogens is 2. The molecule has 0 saturated carbocycles. The second-order valence-electron chi connectivity index (χ2n) is 5.16.